The Morgan fingerprint density at radius 1 is 1.82 bits per heavy atom. The molecule has 0 aliphatic rings. The van der Waals surface area contributed by atoms with Crippen molar-refractivity contribution in [1.29, 1.82) is 0 Å². The summed E-state index contributed by atoms with van der Waals surface area (Å²) in [4.78, 5) is 16.9. The molecule has 1 aromatic rings. The average molecular weight is 156 g/mol. The average Bonchev–Trinajstić information content (AvgIpc) is 2.40. The maximum Gasteiger partial charge on any atom is 0.515 e. The Morgan fingerprint density at radius 2 is 2.64 bits per heavy atom. The van der Waals surface area contributed by atoms with Crippen LogP contribution in [0, 0.1) is 0 Å². The largest absolute Gasteiger partial charge is 0.515 e. The zero-order chi connectivity index (χ0) is 8.10. The van der Waals surface area contributed by atoms with Crippen LogP contribution in [0.25, 0.3) is 0 Å². The number of aromatic nitrogens is 2. The number of hydrogen-bond acceptors (Lipinski definition) is 4. The number of ether oxygens (including phenoxy) is 2. The fourth-order valence-corrected chi connectivity index (χ4v) is 0.535. The normalized spacial score (nSPS) is 9.18. The second-order valence-electron chi connectivity index (χ2n) is 1.69. The quantitative estimate of drug-likeness (QED) is 0.647. The minimum atomic E-state index is -0.736. The van der Waals surface area contributed by atoms with Gasteiger partial charge in [0.25, 0.3) is 0 Å². The van der Waals surface area contributed by atoms with Gasteiger partial charge >= 0.3 is 6.16 Å². The van der Waals surface area contributed by atoms with Gasteiger partial charge in [0.1, 0.15) is 0 Å². The van der Waals surface area contributed by atoms with Gasteiger partial charge in [-0.1, -0.05) is 0 Å². The molecule has 1 N–H and O–H groups in total. The van der Waals surface area contributed by atoms with E-state index in [1.807, 2.05) is 0 Å². The van der Waals surface area contributed by atoms with E-state index in [2.05, 4.69) is 19.4 Å². The van der Waals surface area contributed by atoms with E-state index in [1.54, 1.807) is 6.92 Å². The van der Waals surface area contributed by atoms with Gasteiger partial charge in [0.05, 0.1) is 19.1 Å². The summed E-state index contributed by atoms with van der Waals surface area (Å²) in [5.41, 5.74) is 0. The summed E-state index contributed by atoms with van der Waals surface area (Å²) in [5, 5.41) is 0. The fourth-order valence-electron chi connectivity index (χ4n) is 0.535. The Bertz CT molecular complexity index is 220. The molecular formula is C6H8N2O3. The molecule has 0 unspecified atom stereocenters. The van der Waals surface area contributed by atoms with Crippen LogP contribution < -0.4 is 4.74 Å². The van der Waals surface area contributed by atoms with Gasteiger partial charge < -0.3 is 14.5 Å². The monoisotopic (exact) mass is 156 g/mol. The number of nitrogens with one attached hydrogen (secondary N) is 1. The fraction of sp³-hybridized carbons (Fsp3) is 0.333. The van der Waals surface area contributed by atoms with Crippen LogP contribution in [0.2, 0.25) is 0 Å². The lowest BCUT2D eigenvalue weighted by Crippen LogP contribution is -2.09. The Kier molecular flexibility index (Phi) is 2.48. The summed E-state index contributed by atoms with van der Waals surface area (Å²) >= 11 is 0. The molecule has 0 saturated carbocycles. The third-order valence-electron chi connectivity index (χ3n) is 0.923. The third-order valence-corrected chi connectivity index (χ3v) is 0.923. The lowest BCUT2D eigenvalue weighted by Gasteiger charge is -1.98. The lowest BCUT2D eigenvalue weighted by molar-refractivity contribution is 0.103. The number of hydrogen-bond donors (Lipinski definition) is 1. The van der Waals surface area contributed by atoms with Crippen molar-refractivity contribution >= 4 is 6.16 Å². The van der Waals surface area contributed by atoms with Crippen molar-refractivity contribution in [3.05, 3.63) is 12.5 Å². The first kappa shape index (κ1) is 7.59. The van der Waals surface area contributed by atoms with Crippen LogP contribution in [-0.4, -0.2) is 22.7 Å². The maximum atomic E-state index is 10.6. The lowest BCUT2D eigenvalue weighted by atomic mass is 10.8. The predicted octanol–water partition coefficient (Wildman–Crippen LogP) is 0.945. The molecule has 5 heteroatoms. The van der Waals surface area contributed by atoms with Gasteiger partial charge in [-0.2, -0.15) is 0 Å². The summed E-state index contributed by atoms with van der Waals surface area (Å²) < 4.78 is 9.09. The molecule has 5 nitrogen and oxygen atoms in total. The number of carbonyl (C=O) groups excluding carboxylic acids is 1. The molecular weight excluding hydrogens is 148 g/mol. The van der Waals surface area contributed by atoms with Crippen molar-refractivity contribution in [3.63, 3.8) is 0 Å². The van der Waals surface area contributed by atoms with Gasteiger partial charge in [-0.25, -0.2) is 9.78 Å². The maximum absolute atomic E-state index is 10.6. The Morgan fingerprint density at radius 3 is 3.18 bits per heavy atom. The number of nitrogens with zero attached hydrogens (tertiary/aromatic N) is 1. The number of rotatable bonds is 2. The zero-order valence-electron chi connectivity index (χ0n) is 6.03. The highest BCUT2D eigenvalue weighted by Crippen LogP contribution is 2.02. The highest BCUT2D eigenvalue weighted by atomic mass is 16.7. The molecule has 0 bridgehead atoms. The van der Waals surface area contributed by atoms with E-state index >= 15 is 0 Å². The first-order chi connectivity index (χ1) is 5.33. The molecule has 0 fully saturated rings. The van der Waals surface area contributed by atoms with Crippen molar-refractivity contribution in [1.82, 2.24) is 9.97 Å². The van der Waals surface area contributed by atoms with E-state index in [0.29, 0.717) is 6.61 Å². The van der Waals surface area contributed by atoms with Crippen LogP contribution in [0.5, 0.6) is 5.88 Å². The SMILES string of the molecule is CCOC(=O)Oc1c[nH]cn1. The molecule has 0 aromatic carbocycles. The van der Waals surface area contributed by atoms with Crippen LogP contribution >= 0.6 is 0 Å². The summed E-state index contributed by atoms with van der Waals surface area (Å²) in [6.45, 7) is 2.00. The minimum absolute atomic E-state index is 0.212. The van der Waals surface area contributed by atoms with Crippen molar-refractivity contribution in [2.45, 2.75) is 6.92 Å². The Hall–Kier alpha value is -1.52. The van der Waals surface area contributed by atoms with Crippen LogP contribution in [0.1, 0.15) is 6.92 Å². The third kappa shape index (κ3) is 2.29. The van der Waals surface area contributed by atoms with Crippen LogP contribution in [0.15, 0.2) is 12.5 Å². The van der Waals surface area contributed by atoms with Crippen LogP contribution in [-0.2, 0) is 4.74 Å². The van der Waals surface area contributed by atoms with Gasteiger partial charge in [0.15, 0.2) is 0 Å². The number of carbonyl (C=O) groups is 1. The molecule has 0 radical (unpaired) electrons. The van der Waals surface area contributed by atoms with Crippen LogP contribution in [0.4, 0.5) is 4.79 Å². The summed E-state index contributed by atoms with van der Waals surface area (Å²) in [6.07, 6.45) is 2.13. The second-order valence-corrected chi connectivity index (χ2v) is 1.69. The Labute approximate surface area is 63.3 Å². The second kappa shape index (κ2) is 3.60. The van der Waals surface area contributed by atoms with Crippen molar-refractivity contribution in [3.8, 4) is 5.88 Å². The standard InChI is InChI=1S/C6H8N2O3/c1-2-10-6(9)11-5-3-7-4-8-5/h3-4H,2H2,1H3,(H,7,8). The molecule has 0 amide bonds. The topological polar surface area (TPSA) is 64.2 Å². The number of H-pyrrole nitrogens is 1. The number of aromatic amines is 1. The van der Waals surface area contributed by atoms with E-state index in [-0.39, 0.29) is 5.88 Å². The van der Waals surface area contributed by atoms with Gasteiger partial charge in [-0.15, -0.1) is 0 Å². The van der Waals surface area contributed by atoms with Gasteiger partial charge in [0, 0.05) is 0 Å². The van der Waals surface area contributed by atoms with E-state index in [4.69, 9.17) is 0 Å². The Balaban J connectivity index is 2.37. The first-order valence-corrected chi connectivity index (χ1v) is 3.16. The van der Waals surface area contributed by atoms with E-state index in [9.17, 15) is 4.79 Å². The van der Waals surface area contributed by atoms with Gasteiger partial charge in [-0.05, 0) is 6.92 Å². The van der Waals surface area contributed by atoms with E-state index in [1.165, 1.54) is 12.5 Å². The van der Waals surface area contributed by atoms with Crippen molar-refractivity contribution < 1.29 is 14.3 Å². The highest BCUT2D eigenvalue weighted by molar-refractivity contribution is 5.62. The molecule has 0 aliphatic carbocycles. The molecule has 60 valence electrons. The predicted molar refractivity (Wildman–Crippen MR) is 36.2 cm³/mol. The van der Waals surface area contributed by atoms with E-state index in [0.717, 1.165) is 0 Å². The van der Waals surface area contributed by atoms with Gasteiger partial charge in [-0.3, -0.25) is 0 Å². The molecule has 1 rings (SSSR count). The zero-order valence-corrected chi connectivity index (χ0v) is 6.03. The molecule has 11 heavy (non-hydrogen) atoms. The first-order valence-electron chi connectivity index (χ1n) is 3.16. The smallest absolute Gasteiger partial charge is 0.434 e. The molecule has 0 aliphatic heterocycles. The summed E-state index contributed by atoms with van der Waals surface area (Å²) in [5.74, 6) is 0.212. The minimum Gasteiger partial charge on any atom is -0.434 e. The summed E-state index contributed by atoms with van der Waals surface area (Å²) in [7, 11) is 0. The molecule has 1 aromatic heterocycles. The summed E-state index contributed by atoms with van der Waals surface area (Å²) in [6, 6.07) is 0. The van der Waals surface area contributed by atoms with Crippen molar-refractivity contribution in [2.24, 2.45) is 0 Å². The van der Waals surface area contributed by atoms with Crippen LogP contribution in [0.3, 0.4) is 0 Å². The highest BCUT2D eigenvalue weighted by Gasteiger charge is 2.04. The number of imidazole rings is 1. The molecule has 1 heterocycles. The van der Waals surface area contributed by atoms with Gasteiger partial charge in [0.2, 0.25) is 5.88 Å². The molecule has 0 saturated heterocycles. The molecule has 0 atom stereocenters. The van der Waals surface area contributed by atoms with Crippen molar-refractivity contribution in [2.75, 3.05) is 6.61 Å². The molecule has 0 spiro atoms. The van der Waals surface area contributed by atoms with E-state index < -0.39 is 6.16 Å².